The second kappa shape index (κ2) is 9.80. The van der Waals surface area contributed by atoms with Crippen molar-refractivity contribution in [2.24, 2.45) is 0 Å². The van der Waals surface area contributed by atoms with Crippen LogP contribution in [0, 0.1) is 3.14 Å². The highest BCUT2D eigenvalue weighted by atomic mass is 32.2. The number of hydrogen-bond donors (Lipinski definition) is 0. The van der Waals surface area contributed by atoms with Crippen LogP contribution >= 0.6 is 58.4 Å². The highest BCUT2D eigenvalue weighted by molar-refractivity contribution is 8.04. The molecular formula is C19H18O2S5. The van der Waals surface area contributed by atoms with E-state index in [4.69, 9.17) is 21.7 Å². The maximum absolute atomic E-state index is 5.43. The monoisotopic (exact) mass is 438 g/mol. The van der Waals surface area contributed by atoms with E-state index in [1.54, 1.807) is 36.9 Å². The van der Waals surface area contributed by atoms with Crippen LogP contribution in [0.2, 0.25) is 0 Å². The second-order valence-electron chi connectivity index (χ2n) is 5.30. The van der Waals surface area contributed by atoms with Crippen LogP contribution in [0.25, 0.3) is 0 Å². The summed E-state index contributed by atoms with van der Waals surface area (Å²) in [6.07, 6.45) is 0. The summed E-state index contributed by atoms with van der Waals surface area (Å²) in [5.74, 6) is 3.64. The zero-order chi connectivity index (χ0) is 18.4. The van der Waals surface area contributed by atoms with Crippen molar-refractivity contribution >= 4 is 58.4 Å². The summed E-state index contributed by atoms with van der Waals surface area (Å²) < 4.78 is 14.0. The Bertz CT molecular complexity index is 810. The minimum absolute atomic E-state index is 0.890. The molecule has 0 N–H and O–H groups in total. The van der Waals surface area contributed by atoms with Gasteiger partial charge in [0.1, 0.15) is 14.6 Å². The minimum atomic E-state index is 0.890. The van der Waals surface area contributed by atoms with Gasteiger partial charge in [0.05, 0.1) is 22.6 Å². The van der Waals surface area contributed by atoms with Crippen LogP contribution in [0.4, 0.5) is 0 Å². The van der Waals surface area contributed by atoms with Crippen LogP contribution in [0.5, 0.6) is 11.5 Å². The van der Waals surface area contributed by atoms with E-state index in [0.717, 1.165) is 26.1 Å². The molecule has 26 heavy (non-hydrogen) atoms. The maximum Gasteiger partial charge on any atom is 0.145 e. The van der Waals surface area contributed by atoms with Crippen molar-refractivity contribution in [1.82, 2.24) is 0 Å². The number of ether oxygens (including phenoxy) is 2. The quantitative estimate of drug-likeness (QED) is 0.274. The summed E-state index contributed by atoms with van der Waals surface area (Å²) in [5.41, 5.74) is 2.57. The fraction of sp³-hybridized carbons (Fsp3) is 0.211. The number of benzene rings is 2. The molecule has 0 aliphatic heterocycles. The Balaban J connectivity index is 1.62. The van der Waals surface area contributed by atoms with E-state index < -0.39 is 0 Å². The van der Waals surface area contributed by atoms with E-state index in [-0.39, 0.29) is 0 Å². The lowest BCUT2D eigenvalue weighted by Gasteiger charge is -2.05. The molecule has 0 aliphatic carbocycles. The topological polar surface area (TPSA) is 18.5 Å². The molecule has 0 fully saturated rings. The minimum Gasteiger partial charge on any atom is -0.497 e. The van der Waals surface area contributed by atoms with Gasteiger partial charge in [-0.3, -0.25) is 0 Å². The molecule has 3 rings (SSSR count). The molecule has 0 saturated heterocycles. The first kappa shape index (κ1) is 19.8. The van der Waals surface area contributed by atoms with Gasteiger partial charge in [0, 0.05) is 11.5 Å². The third-order valence-corrected chi connectivity index (χ3v) is 9.30. The van der Waals surface area contributed by atoms with Crippen LogP contribution in [0.1, 0.15) is 11.1 Å². The van der Waals surface area contributed by atoms with Crippen molar-refractivity contribution in [3.63, 3.8) is 0 Å². The Kier molecular flexibility index (Phi) is 7.45. The molecule has 0 atom stereocenters. The molecule has 3 aromatic rings. The van der Waals surface area contributed by atoms with E-state index >= 15 is 0 Å². The summed E-state index contributed by atoms with van der Waals surface area (Å²) in [6, 6.07) is 16.5. The summed E-state index contributed by atoms with van der Waals surface area (Å²) in [5, 5.41) is 0. The summed E-state index contributed by atoms with van der Waals surface area (Å²) >= 11 is 12.6. The molecule has 0 aliphatic rings. The van der Waals surface area contributed by atoms with Gasteiger partial charge in [0.2, 0.25) is 0 Å². The second-order valence-corrected chi connectivity index (χ2v) is 11.0. The third kappa shape index (κ3) is 5.50. The Morgan fingerprint density at radius 3 is 1.46 bits per heavy atom. The van der Waals surface area contributed by atoms with Crippen molar-refractivity contribution in [3.8, 4) is 11.5 Å². The maximum atomic E-state index is 5.43. The SMILES string of the molecule is COc1ccc(CSc2sc(=S)sc2SCc2ccc(OC)cc2)cc1. The molecule has 0 unspecified atom stereocenters. The molecule has 1 aromatic heterocycles. The van der Waals surface area contributed by atoms with Gasteiger partial charge >= 0.3 is 0 Å². The van der Waals surface area contributed by atoms with Crippen LogP contribution in [-0.4, -0.2) is 14.2 Å². The van der Waals surface area contributed by atoms with Gasteiger partial charge < -0.3 is 9.47 Å². The normalized spacial score (nSPS) is 10.7. The number of hydrogen-bond acceptors (Lipinski definition) is 7. The highest BCUT2D eigenvalue weighted by Gasteiger charge is 2.10. The smallest absolute Gasteiger partial charge is 0.145 e. The van der Waals surface area contributed by atoms with E-state index in [2.05, 4.69) is 24.3 Å². The Labute approximate surface area is 175 Å². The van der Waals surface area contributed by atoms with E-state index in [1.807, 2.05) is 47.8 Å². The zero-order valence-corrected chi connectivity index (χ0v) is 18.5. The van der Waals surface area contributed by atoms with Crippen molar-refractivity contribution < 1.29 is 9.47 Å². The highest BCUT2D eigenvalue weighted by Crippen LogP contribution is 2.43. The van der Waals surface area contributed by atoms with E-state index in [9.17, 15) is 0 Å². The van der Waals surface area contributed by atoms with E-state index in [1.165, 1.54) is 19.5 Å². The Hall–Kier alpha value is -0.990. The lowest BCUT2D eigenvalue weighted by atomic mass is 10.2. The Morgan fingerprint density at radius 2 is 1.12 bits per heavy atom. The first-order valence-corrected chi connectivity index (χ1v) is 11.8. The van der Waals surface area contributed by atoms with Gasteiger partial charge in [-0.1, -0.05) is 36.5 Å². The van der Waals surface area contributed by atoms with E-state index in [0.29, 0.717) is 0 Å². The number of rotatable bonds is 8. The molecule has 2 nitrogen and oxygen atoms in total. The first-order chi connectivity index (χ1) is 12.7. The molecule has 1 heterocycles. The predicted octanol–water partition coefficient (Wildman–Crippen LogP) is 7.14. The van der Waals surface area contributed by atoms with Crippen LogP contribution in [0.15, 0.2) is 56.9 Å². The summed E-state index contributed by atoms with van der Waals surface area (Å²) in [7, 11) is 3.38. The molecular weight excluding hydrogens is 421 g/mol. The fourth-order valence-corrected chi connectivity index (χ4v) is 8.19. The molecule has 0 saturated carbocycles. The number of thioether (sulfide) groups is 2. The number of methoxy groups -OCH3 is 2. The van der Waals surface area contributed by atoms with Gasteiger partial charge in [-0.15, -0.1) is 46.2 Å². The van der Waals surface area contributed by atoms with Crippen LogP contribution in [0.3, 0.4) is 0 Å². The average molecular weight is 439 g/mol. The van der Waals surface area contributed by atoms with Gasteiger partial charge in [0.25, 0.3) is 0 Å². The third-order valence-electron chi connectivity index (χ3n) is 3.58. The Morgan fingerprint density at radius 1 is 0.731 bits per heavy atom. The van der Waals surface area contributed by atoms with Crippen LogP contribution in [-0.2, 0) is 11.5 Å². The van der Waals surface area contributed by atoms with Crippen molar-refractivity contribution in [2.75, 3.05) is 14.2 Å². The van der Waals surface area contributed by atoms with Crippen molar-refractivity contribution in [2.45, 2.75) is 19.9 Å². The first-order valence-electron chi connectivity index (χ1n) is 7.83. The molecule has 0 bridgehead atoms. The van der Waals surface area contributed by atoms with Crippen molar-refractivity contribution in [3.05, 3.63) is 62.8 Å². The van der Waals surface area contributed by atoms with Crippen molar-refractivity contribution in [1.29, 1.82) is 0 Å². The summed E-state index contributed by atoms with van der Waals surface area (Å²) in [6.45, 7) is 0. The standard InChI is InChI=1S/C19H18O2S5/c1-20-15-7-3-13(4-8-15)11-23-17-18(26-19(22)25-17)24-12-14-5-9-16(21-2)10-6-14/h3-10H,11-12H2,1-2H3. The average Bonchev–Trinajstić information content (AvgIpc) is 3.05. The lowest BCUT2D eigenvalue weighted by molar-refractivity contribution is 0.414. The van der Waals surface area contributed by atoms with Crippen LogP contribution < -0.4 is 9.47 Å². The molecule has 0 radical (unpaired) electrons. The zero-order valence-electron chi connectivity index (χ0n) is 14.4. The lowest BCUT2D eigenvalue weighted by Crippen LogP contribution is -1.85. The molecule has 2 aromatic carbocycles. The van der Waals surface area contributed by atoms with Gasteiger partial charge in [0.15, 0.2) is 0 Å². The molecule has 0 spiro atoms. The molecule has 7 heteroatoms. The van der Waals surface area contributed by atoms with Gasteiger partial charge in [-0.05, 0) is 35.4 Å². The fourth-order valence-electron chi connectivity index (χ4n) is 2.17. The molecule has 136 valence electrons. The van der Waals surface area contributed by atoms with Gasteiger partial charge in [-0.25, -0.2) is 0 Å². The predicted molar refractivity (Wildman–Crippen MR) is 118 cm³/mol. The van der Waals surface area contributed by atoms with Gasteiger partial charge in [-0.2, -0.15) is 0 Å². The molecule has 0 amide bonds. The largest absolute Gasteiger partial charge is 0.497 e. The summed E-state index contributed by atoms with van der Waals surface area (Å²) in [4.78, 5) is 0.